The van der Waals surface area contributed by atoms with E-state index in [0.717, 1.165) is 72.4 Å². The quantitative estimate of drug-likeness (QED) is 0.259. The van der Waals surface area contributed by atoms with E-state index in [9.17, 15) is 18.0 Å². The predicted molar refractivity (Wildman–Crippen MR) is 145 cm³/mol. The summed E-state index contributed by atoms with van der Waals surface area (Å²) in [4.78, 5) is 19.8. The third kappa shape index (κ3) is 4.92. The second kappa shape index (κ2) is 10.6. The summed E-state index contributed by atoms with van der Waals surface area (Å²) in [7, 11) is 0. The molecule has 1 saturated heterocycles. The molecular weight excluding hydrogens is 521 g/mol. The number of hydrogen-bond acceptors (Lipinski definition) is 6. The van der Waals surface area contributed by atoms with E-state index in [4.69, 9.17) is 14.6 Å². The average Bonchev–Trinajstić information content (AvgIpc) is 3.31. The molecule has 6 rings (SSSR count). The molecule has 2 fully saturated rings. The van der Waals surface area contributed by atoms with Crippen molar-refractivity contribution < 1.29 is 27.4 Å². The molecule has 7 nitrogen and oxygen atoms in total. The Morgan fingerprint density at radius 2 is 1.70 bits per heavy atom. The van der Waals surface area contributed by atoms with Crippen LogP contribution in [0.15, 0.2) is 54.6 Å². The van der Waals surface area contributed by atoms with Crippen LogP contribution in [0.3, 0.4) is 0 Å². The summed E-state index contributed by atoms with van der Waals surface area (Å²) in [5.74, 6) is -0.360. The molecule has 2 aromatic carbocycles. The summed E-state index contributed by atoms with van der Waals surface area (Å²) in [5.41, 5.74) is 3.84. The second-order valence-electron chi connectivity index (χ2n) is 10.1. The lowest BCUT2D eigenvalue weighted by Crippen LogP contribution is -2.36. The highest BCUT2D eigenvalue weighted by atomic mass is 19.4. The fraction of sp³-hybridized carbons (Fsp3) is 0.367. The van der Waals surface area contributed by atoms with Crippen molar-refractivity contribution in [3.63, 3.8) is 0 Å². The predicted octanol–water partition coefficient (Wildman–Crippen LogP) is 6.39. The number of benzene rings is 2. The second-order valence-corrected chi connectivity index (χ2v) is 10.1. The number of aromatic nitrogens is 3. The van der Waals surface area contributed by atoms with Gasteiger partial charge < -0.3 is 14.4 Å². The topological polar surface area (TPSA) is 69.5 Å². The highest BCUT2D eigenvalue weighted by Crippen LogP contribution is 2.43. The Labute approximate surface area is 229 Å². The van der Waals surface area contributed by atoms with Gasteiger partial charge in [0.25, 0.3) is 0 Å². The smallest absolute Gasteiger partial charge is 0.416 e. The normalized spacial score (nSPS) is 16.2. The van der Waals surface area contributed by atoms with E-state index in [2.05, 4.69) is 22.0 Å². The van der Waals surface area contributed by atoms with Crippen molar-refractivity contribution in [2.75, 3.05) is 37.8 Å². The van der Waals surface area contributed by atoms with E-state index >= 15 is 0 Å². The Balaban J connectivity index is 1.52. The number of carbonyl (C=O) groups is 1. The SMILES string of the molecule is CCOC(=O)c1cc(-c2ccc(N3CCOCC3)cc2)c2c(C3CCC3)nn(-c3ccc(C(F)(F)F)cc3)c2n1. The zero-order valence-electron chi connectivity index (χ0n) is 22.1. The molecule has 0 radical (unpaired) electrons. The van der Waals surface area contributed by atoms with Gasteiger partial charge in [0.1, 0.15) is 0 Å². The van der Waals surface area contributed by atoms with Crippen LogP contribution in [0, 0.1) is 0 Å². The molecule has 208 valence electrons. The largest absolute Gasteiger partial charge is 0.461 e. The van der Waals surface area contributed by atoms with Crippen LogP contribution in [0.4, 0.5) is 18.9 Å². The first-order valence-electron chi connectivity index (χ1n) is 13.5. The van der Waals surface area contributed by atoms with Gasteiger partial charge in [-0.15, -0.1) is 0 Å². The molecule has 10 heteroatoms. The molecule has 1 aliphatic carbocycles. The van der Waals surface area contributed by atoms with Crippen LogP contribution in [-0.4, -0.2) is 53.6 Å². The van der Waals surface area contributed by atoms with Crippen molar-refractivity contribution in [2.24, 2.45) is 0 Å². The highest BCUT2D eigenvalue weighted by Gasteiger charge is 2.32. The lowest BCUT2D eigenvalue weighted by molar-refractivity contribution is -0.137. The minimum atomic E-state index is -4.45. The third-order valence-electron chi connectivity index (χ3n) is 7.64. The first kappa shape index (κ1) is 26.3. The number of nitrogens with zero attached hydrogens (tertiary/aromatic N) is 4. The molecule has 1 aliphatic heterocycles. The molecule has 0 bridgehead atoms. The number of anilines is 1. The van der Waals surface area contributed by atoms with Crippen molar-refractivity contribution in [1.29, 1.82) is 0 Å². The van der Waals surface area contributed by atoms with Gasteiger partial charge in [0.05, 0.1) is 42.2 Å². The van der Waals surface area contributed by atoms with E-state index in [1.807, 2.05) is 12.1 Å². The lowest BCUT2D eigenvalue weighted by atomic mass is 9.81. The molecule has 0 N–H and O–H groups in total. The monoisotopic (exact) mass is 550 g/mol. The van der Waals surface area contributed by atoms with E-state index in [0.29, 0.717) is 24.5 Å². The molecule has 0 spiro atoms. The van der Waals surface area contributed by atoms with E-state index in [1.165, 1.54) is 12.1 Å². The maximum atomic E-state index is 13.2. The third-order valence-corrected chi connectivity index (χ3v) is 7.64. The lowest BCUT2D eigenvalue weighted by Gasteiger charge is -2.29. The molecule has 0 atom stereocenters. The minimum Gasteiger partial charge on any atom is -0.461 e. The summed E-state index contributed by atoms with van der Waals surface area (Å²) >= 11 is 0. The maximum Gasteiger partial charge on any atom is 0.416 e. The van der Waals surface area contributed by atoms with Gasteiger partial charge in [-0.05, 0) is 73.4 Å². The van der Waals surface area contributed by atoms with Crippen molar-refractivity contribution >= 4 is 22.7 Å². The van der Waals surface area contributed by atoms with Gasteiger partial charge in [-0.25, -0.2) is 14.5 Å². The maximum absolute atomic E-state index is 13.2. The van der Waals surface area contributed by atoms with E-state index in [1.54, 1.807) is 17.7 Å². The average molecular weight is 551 g/mol. The molecule has 2 aliphatic rings. The number of carbonyl (C=O) groups excluding carboxylic acids is 1. The summed E-state index contributed by atoms with van der Waals surface area (Å²) < 4.78 is 52.0. The number of hydrogen-bond donors (Lipinski definition) is 0. The minimum absolute atomic E-state index is 0.120. The van der Waals surface area contributed by atoms with Crippen LogP contribution < -0.4 is 4.90 Å². The van der Waals surface area contributed by atoms with Gasteiger partial charge in [0, 0.05) is 24.7 Å². The van der Waals surface area contributed by atoms with Gasteiger partial charge >= 0.3 is 12.1 Å². The number of alkyl halides is 3. The molecule has 1 saturated carbocycles. The van der Waals surface area contributed by atoms with E-state index < -0.39 is 17.7 Å². The first-order chi connectivity index (χ1) is 19.3. The number of rotatable bonds is 6. The van der Waals surface area contributed by atoms with Crippen LogP contribution in [0.2, 0.25) is 0 Å². The van der Waals surface area contributed by atoms with Gasteiger partial charge in [-0.1, -0.05) is 18.6 Å². The molecule has 3 heterocycles. The Morgan fingerprint density at radius 3 is 2.30 bits per heavy atom. The summed E-state index contributed by atoms with van der Waals surface area (Å²) in [5, 5.41) is 5.70. The number of halogens is 3. The van der Waals surface area contributed by atoms with Crippen LogP contribution in [-0.2, 0) is 15.7 Å². The molecule has 2 aromatic heterocycles. The number of morpholine rings is 1. The number of fused-ring (bicyclic) bond motifs is 1. The van der Waals surface area contributed by atoms with Crippen LogP contribution in [0.25, 0.3) is 27.8 Å². The molecule has 40 heavy (non-hydrogen) atoms. The van der Waals surface area contributed by atoms with Gasteiger partial charge in [0.15, 0.2) is 11.3 Å². The first-order valence-corrected chi connectivity index (χ1v) is 13.5. The fourth-order valence-electron chi connectivity index (χ4n) is 5.29. The molecule has 4 aromatic rings. The standard InChI is InChI=1S/C30H29F3N4O3/c1-2-40-29(38)25-18-24(19-6-10-22(11-7-19)36-14-16-39-17-15-36)26-27(20-4-3-5-20)35-37(28(26)34-25)23-12-8-21(9-13-23)30(31,32)33/h6-13,18,20H,2-5,14-17H2,1H3. The summed E-state index contributed by atoms with van der Waals surface area (Å²) in [6, 6.07) is 14.7. The Kier molecular flexibility index (Phi) is 6.95. The van der Waals surface area contributed by atoms with Crippen molar-refractivity contribution in [2.45, 2.75) is 38.3 Å². The number of esters is 1. The Hall–Kier alpha value is -3.92. The molecule has 0 unspecified atom stereocenters. The Bertz CT molecular complexity index is 1520. The van der Waals surface area contributed by atoms with Crippen molar-refractivity contribution in [1.82, 2.24) is 14.8 Å². The van der Waals surface area contributed by atoms with Crippen LogP contribution in [0.1, 0.15) is 53.8 Å². The van der Waals surface area contributed by atoms with E-state index in [-0.39, 0.29) is 18.2 Å². The zero-order valence-corrected chi connectivity index (χ0v) is 22.1. The molecular formula is C30H29F3N4O3. The molecule has 0 amide bonds. The van der Waals surface area contributed by atoms with Crippen LogP contribution in [0.5, 0.6) is 0 Å². The summed E-state index contributed by atoms with van der Waals surface area (Å²) in [6.45, 7) is 4.92. The Morgan fingerprint density at radius 1 is 1.02 bits per heavy atom. The van der Waals surface area contributed by atoms with Crippen molar-refractivity contribution in [3.05, 3.63) is 71.5 Å². The van der Waals surface area contributed by atoms with Gasteiger partial charge in [-0.3, -0.25) is 0 Å². The zero-order chi connectivity index (χ0) is 27.9. The van der Waals surface area contributed by atoms with Crippen LogP contribution >= 0.6 is 0 Å². The number of ether oxygens (including phenoxy) is 2. The van der Waals surface area contributed by atoms with Gasteiger partial charge in [-0.2, -0.15) is 18.3 Å². The fourth-order valence-corrected chi connectivity index (χ4v) is 5.29. The highest BCUT2D eigenvalue weighted by molar-refractivity contribution is 6.00. The summed E-state index contributed by atoms with van der Waals surface area (Å²) in [6.07, 6.45) is -1.43. The van der Waals surface area contributed by atoms with Gasteiger partial charge in [0.2, 0.25) is 0 Å². The van der Waals surface area contributed by atoms with Crippen molar-refractivity contribution in [3.8, 4) is 16.8 Å². The number of pyridine rings is 1.